The highest BCUT2D eigenvalue weighted by Gasteiger charge is 2.76. The first-order chi connectivity index (χ1) is 44.0. The predicted molar refractivity (Wildman–Crippen MR) is 364 cm³/mol. The number of hydrogen-bond donors (Lipinski definition) is 0. The molecule has 20 atom stereocenters. The second-order valence-electron chi connectivity index (χ2n) is 42.8. The van der Waals surface area contributed by atoms with Crippen molar-refractivity contribution in [2.24, 2.45) is 249 Å². The van der Waals surface area contributed by atoms with E-state index in [1.807, 2.05) is 0 Å². The fraction of sp³-hybridized carbons (Fsp3) is 1.00. The van der Waals surface area contributed by atoms with E-state index in [9.17, 15) is 0 Å². The minimum atomic E-state index is 1.18. The van der Waals surface area contributed by atoms with E-state index in [1.165, 1.54) is 249 Å². The summed E-state index contributed by atoms with van der Waals surface area (Å²) in [6.45, 7) is 0. The molecule has 0 nitrogen and oxygen atoms in total. The number of hydrogen-bond acceptors (Lipinski definition) is 0. The van der Waals surface area contributed by atoms with Crippen molar-refractivity contribution in [2.45, 2.75) is 302 Å². The molecule has 0 heteroatoms. The Kier molecular flexibility index (Phi) is 14.2. The van der Waals surface area contributed by atoms with Crippen LogP contribution in [-0.2, 0) is 0 Å². The lowest BCUT2D eigenvalue weighted by Crippen LogP contribution is -2.38. The standard InChI is InChI=1S/C12H18.C11H18.2C10H16.2C9H14.C8H12.2C7H10.C6H8/c1-2-8-5-7(1)11-9-3-4-10(6-9)12(8)11;1-2-4-10-9-5-6-11(10)8(3-1)7-9;1-7-2-9-4-8(1)5-10(3-7)6-9;1-2-9-7-4-5-8(6-7)10(9)3-1;1-6-2-8-4-7(1)5-9(8)3-6;1-2-7-5-6(1)8-3-4-9(7)8;1-2-6-3-5(1)7-4-8(6)7;1-4-2-6-5(1)7(6)3-4;1-2-4-6-5(3-1)7(4)6;1-2-4-5-3(1)6(4)5/h7-12H,1-6H2;8-11H,1-7H2;2*7-10H,1-6H2;2*6-9H,1-5H2;5-8H,1-4H2;2*4-7H,1-3H2;3-6H,1-2H2. The van der Waals surface area contributed by atoms with Crippen LogP contribution in [0.2, 0.25) is 0 Å². The molecule has 0 radical (unpaired) electrons. The van der Waals surface area contributed by atoms with Crippen LogP contribution in [0.1, 0.15) is 302 Å². The van der Waals surface area contributed by atoms with Gasteiger partial charge in [0.1, 0.15) is 0 Å². The van der Waals surface area contributed by atoms with E-state index in [2.05, 4.69) is 0 Å². The molecular formula is C89H136. The Balaban J connectivity index is 0.0000000660. The zero-order chi connectivity index (χ0) is 57.5. The van der Waals surface area contributed by atoms with Gasteiger partial charge in [0.05, 0.1) is 0 Å². The van der Waals surface area contributed by atoms with E-state index in [0.717, 1.165) is 0 Å². The Labute approximate surface area is 547 Å². The van der Waals surface area contributed by atoms with Crippen LogP contribution in [-0.4, -0.2) is 0 Å². The zero-order valence-electron chi connectivity index (χ0n) is 57.5. The van der Waals surface area contributed by atoms with E-state index >= 15 is 0 Å². The van der Waals surface area contributed by atoms with Gasteiger partial charge in [0.2, 0.25) is 0 Å². The second kappa shape index (κ2) is 22.3. The minimum Gasteiger partial charge on any atom is -0.0530 e. The first kappa shape index (κ1) is 57.0. The van der Waals surface area contributed by atoms with Crippen LogP contribution in [0.3, 0.4) is 0 Å². The molecule has 0 aliphatic heterocycles. The fourth-order valence-corrected chi connectivity index (χ4v) is 36.4. The first-order valence-corrected chi connectivity index (χ1v) is 44.0. The molecule has 0 N–H and O–H groups in total. The molecule has 0 spiro atoms. The predicted octanol–water partition coefficient (Wildman–Crippen LogP) is 23.5. The third-order valence-corrected chi connectivity index (χ3v) is 39.7. The fourth-order valence-electron chi connectivity index (χ4n) is 36.4. The summed E-state index contributed by atoms with van der Waals surface area (Å²) in [6, 6.07) is 0. The third-order valence-electron chi connectivity index (χ3n) is 39.7. The highest BCUT2D eigenvalue weighted by Crippen LogP contribution is 2.82. The average Bonchev–Trinajstić information content (AvgIpc) is 1.49. The molecule has 0 aromatic carbocycles. The van der Waals surface area contributed by atoms with Crippen LogP contribution in [0.5, 0.6) is 0 Å². The molecule has 0 aromatic rings. The Hall–Kier alpha value is 0. The smallest absolute Gasteiger partial charge is 0.0318 e. The van der Waals surface area contributed by atoms with E-state index in [-0.39, 0.29) is 0 Å². The lowest BCUT2D eigenvalue weighted by atomic mass is 9.56. The molecule has 36 fully saturated rings. The Bertz CT molecular complexity index is 2280. The highest BCUT2D eigenvalue weighted by molar-refractivity contribution is 5.24. The van der Waals surface area contributed by atoms with Crippen molar-refractivity contribution >= 4 is 0 Å². The van der Waals surface area contributed by atoms with Gasteiger partial charge in [-0.05, 0) is 518 Å². The molecule has 20 unspecified atom stereocenters. The van der Waals surface area contributed by atoms with Gasteiger partial charge < -0.3 is 0 Å². The number of rotatable bonds is 0. The van der Waals surface area contributed by atoms with Gasteiger partial charge in [-0.3, -0.25) is 0 Å². The van der Waals surface area contributed by atoms with Gasteiger partial charge in [-0.15, -0.1) is 0 Å². The van der Waals surface area contributed by atoms with Crippen molar-refractivity contribution in [3.05, 3.63) is 0 Å². The molecule has 0 amide bonds. The second-order valence-corrected chi connectivity index (χ2v) is 42.8. The largest absolute Gasteiger partial charge is 0.0530 e. The molecule has 36 rings (SSSR count). The molecular weight excluding hydrogens is 1070 g/mol. The van der Waals surface area contributed by atoms with Crippen molar-refractivity contribution in [3.63, 3.8) is 0 Å². The van der Waals surface area contributed by atoms with Crippen molar-refractivity contribution in [1.82, 2.24) is 0 Å². The summed E-state index contributed by atoms with van der Waals surface area (Å²) in [4.78, 5) is 0. The van der Waals surface area contributed by atoms with Crippen molar-refractivity contribution < 1.29 is 0 Å². The van der Waals surface area contributed by atoms with Crippen molar-refractivity contribution in [3.8, 4) is 0 Å². The topological polar surface area (TPSA) is 0 Å². The number of fused-ring (bicyclic) bond motifs is 27. The summed E-state index contributed by atoms with van der Waals surface area (Å²) in [7, 11) is 0. The maximum absolute atomic E-state index is 1.64. The van der Waals surface area contributed by atoms with Crippen molar-refractivity contribution in [1.29, 1.82) is 0 Å². The highest BCUT2D eigenvalue weighted by atomic mass is 14.8. The summed E-state index contributed by atoms with van der Waals surface area (Å²) in [5, 5.41) is 0. The van der Waals surface area contributed by atoms with Gasteiger partial charge in [-0.25, -0.2) is 0 Å². The van der Waals surface area contributed by atoms with Gasteiger partial charge in [0.15, 0.2) is 0 Å². The summed E-state index contributed by atoms with van der Waals surface area (Å²) < 4.78 is 0. The molecule has 492 valence electrons. The van der Waals surface area contributed by atoms with Crippen LogP contribution in [0, 0.1) is 249 Å². The molecule has 0 aromatic heterocycles. The van der Waals surface area contributed by atoms with Crippen LogP contribution in [0.15, 0.2) is 0 Å². The Morgan fingerprint density at radius 2 is 0.337 bits per heavy atom. The van der Waals surface area contributed by atoms with E-state index in [4.69, 9.17) is 0 Å². The Morgan fingerprint density at radius 1 is 0.101 bits per heavy atom. The molecule has 36 saturated carbocycles. The van der Waals surface area contributed by atoms with Gasteiger partial charge in [-0.2, -0.15) is 0 Å². The third kappa shape index (κ3) is 10.0. The molecule has 36 aliphatic rings. The summed E-state index contributed by atoms with van der Waals surface area (Å²) in [5.74, 6) is 51.3. The summed E-state index contributed by atoms with van der Waals surface area (Å²) in [5.41, 5.74) is 0. The van der Waals surface area contributed by atoms with Gasteiger partial charge in [0, 0.05) is 0 Å². The zero-order valence-corrected chi connectivity index (χ0v) is 57.5. The molecule has 0 heterocycles. The normalized spacial score (nSPS) is 63.6. The SMILES string of the molecule is C1C2CC3C1C3C2.C1C2CC3CC1CC(C2)C3.C1C2CC3CC1CC3C2.C1CC2C3C(C1)C23.C1CC2C3C1C23.C1CC2C3CCC(C3)C2C1.C1CC2CC1C1C3CCC(C3)C21.C1CC2CC1C1CC21.C1CC2CC1C1CCC21.C1CCC2C3CCC2C(C1)C3. The summed E-state index contributed by atoms with van der Waals surface area (Å²) in [6.07, 6.45) is 75.2. The van der Waals surface area contributed by atoms with Gasteiger partial charge >= 0.3 is 0 Å². The maximum Gasteiger partial charge on any atom is -0.0318 e. The molecule has 0 saturated heterocycles. The minimum absolute atomic E-state index is 1.18. The molecule has 36 aliphatic carbocycles. The van der Waals surface area contributed by atoms with Gasteiger partial charge in [-0.1, -0.05) is 32.1 Å². The summed E-state index contributed by atoms with van der Waals surface area (Å²) >= 11 is 0. The van der Waals surface area contributed by atoms with Gasteiger partial charge in [0.25, 0.3) is 0 Å². The van der Waals surface area contributed by atoms with Crippen LogP contribution in [0.4, 0.5) is 0 Å². The van der Waals surface area contributed by atoms with Crippen LogP contribution >= 0.6 is 0 Å². The monoisotopic (exact) mass is 1210 g/mol. The lowest BCUT2D eigenvalue weighted by molar-refractivity contribution is 0.0198. The maximum atomic E-state index is 1.64. The quantitative estimate of drug-likeness (QED) is 0.212. The van der Waals surface area contributed by atoms with E-state index < -0.39 is 0 Å². The van der Waals surface area contributed by atoms with Crippen molar-refractivity contribution in [2.75, 3.05) is 0 Å². The Morgan fingerprint density at radius 3 is 0.640 bits per heavy atom. The van der Waals surface area contributed by atoms with E-state index in [1.54, 1.807) is 302 Å². The molecule has 89 heavy (non-hydrogen) atoms. The van der Waals surface area contributed by atoms with Crippen LogP contribution < -0.4 is 0 Å². The van der Waals surface area contributed by atoms with E-state index in [0.29, 0.717) is 0 Å². The average molecular weight is 1210 g/mol. The van der Waals surface area contributed by atoms with Crippen LogP contribution in [0.25, 0.3) is 0 Å². The molecule has 30 bridgehead atoms. The first-order valence-electron chi connectivity index (χ1n) is 44.0. The lowest BCUT2D eigenvalue weighted by Gasteiger charge is -2.49.